The molecule has 0 heterocycles. The van der Waals surface area contributed by atoms with Crippen LogP contribution < -0.4 is 0 Å². The lowest BCUT2D eigenvalue weighted by Gasteiger charge is -2.10. The second-order valence-corrected chi connectivity index (χ2v) is 4.66. The van der Waals surface area contributed by atoms with Gasteiger partial charge in [-0.2, -0.15) is 0 Å². The van der Waals surface area contributed by atoms with E-state index in [1.165, 1.54) is 0 Å². The molecule has 15 heavy (non-hydrogen) atoms. The third-order valence-electron chi connectivity index (χ3n) is 3.35. The summed E-state index contributed by atoms with van der Waals surface area (Å²) in [7, 11) is 0. The highest BCUT2D eigenvalue weighted by molar-refractivity contribution is 5.76. The highest BCUT2D eigenvalue weighted by Crippen LogP contribution is 2.62. The monoisotopic (exact) mass is 212 g/mol. The molecule has 0 aliphatic heterocycles. The summed E-state index contributed by atoms with van der Waals surface area (Å²) in [4.78, 5) is 21.5. The lowest BCUT2D eigenvalue weighted by molar-refractivity contribution is -0.141. The molecule has 1 aliphatic rings. The van der Waals surface area contributed by atoms with Crippen molar-refractivity contribution < 1.29 is 19.8 Å². The van der Waals surface area contributed by atoms with Crippen molar-refractivity contribution in [1.82, 2.24) is 0 Å². The molecule has 1 fully saturated rings. The van der Waals surface area contributed by atoms with E-state index in [0.29, 0.717) is 0 Å². The first-order valence-corrected chi connectivity index (χ1v) is 4.89. The molecular weight excluding hydrogens is 196 g/mol. The quantitative estimate of drug-likeness (QED) is 0.679. The van der Waals surface area contributed by atoms with Crippen molar-refractivity contribution in [1.29, 1.82) is 0 Å². The average molecular weight is 212 g/mol. The molecular formula is C11H16O4. The smallest absolute Gasteiger partial charge is 0.307 e. The minimum atomic E-state index is -0.910. The van der Waals surface area contributed by atoms with Crippen LogP contribution in [0.3, 0.4) is 0 Å². The van der Waals surface area contributed by atoms with Crippen molar-refractivity contribution in [2.45, 2.75) is 20.3 Å². The van der Waals surface area contributed by atoms with Gasteiger partial charge in [-0.3, -0.25) is 9.59 Å². The topological polar surface area (TPSA) is 74.6 Å². The summed E-state index contributed by atoms with van der Waals surface area (Å²) in [6, 6.07) is 0. The van der Waals surface area contributed by atoms with Gasteiger partial charge < -0.3 is 10.2 Å². The molecule has 2 N–H and O–H groups in total. The summed E-state index contributed by atoms with van der Waals surface area (Å²) >= 11 is 0. The van der Waals surface area contributed by atoms with E-state index in [0.717, 1.165) is 0 Å². The van der Waals surface area contributed by atoms with Gasteiger partial charge in [-0.15, -0.1) is 6.58 Å². The number of aliphatic carboxylic acids is 2. The van der Waals surface area contributed by atoms with Crippen molar-refractivity contribution in [3.8, 4) is 0 Å². The summed E-state index contributed by atoms with van der Waals surface area (Å²) in [5, 5.41) is 17.6. The zero-order chi connectivity index (χ0) is 11.8. The van der Waals surface area contributed by atoms with Crippen LogP contribution in [0.4, 0.5) is 0 Å². The summed E-state index contributed by atoms with van der Waals surface area (Å²) in [5.74, 6) is -2.56. The molecule has 0 aromatic heterocycles. The van der Waals surface area contributed by atoms with Gasteiger partial charge in [-0.1, -0.05) is 19.9 Å². The van der Waals surface area contributed by atoms with Crippen molar-refractivity contribution in [3.05, 3.63) is 12.7 Å². The molecule has 3 unspecified atom stereocenters. The molecule has 0 amide bonds. The lowest BCUT2D eigenvalue weighted by Crippen LogP contribution is -2.11. The van der Waals surface area contributed by atoms with E-state index in [4.69, 9.17) is 10.2 Å². The molecule has 0 radical (unpaired) electrons. The van der Waals surface area contributed by atoms with Crippen LogP contribution in [-0.2, 0) is 9.59 Å². The first-order chi connectivity index (χ1) is 6.82. The van der Waals surface area contributed by atoms with Crippen molar-refractivity contribution >= 4 is 11.9 Å². The summed E-state index contributed by atoms with van der Waals surface area (Å²) < 4.78 is 0. The minimum Gasteiger partial charge on any atom is -0.481 e. The van der Waals surface area contributed by atoms with Gasteiger partial charge in [0.15, 0.2) is 0 Å². The van der Waals surface area contributed by atoms with E-state index >= 15 is 0 Å². The van der Waals surface area contributed by atoms with Gasteiger partial charge in [-0.25, -0.2) is 0 Å². The Morgan fingerprint density at radius 1 is 1.47 bits per heavy atom. The molecule has 1 saturated carbocycles. The number of hydrogen-bond acceptors (Lipinski definition) is 2. The van der Waals surface area contributed by atoms with E-state index in [-0.39, 0.29) is 23.7 Å². The molecule has 4 nitrogen and oxygen atoms in total. The number of carbonyl (C=O) groups is 2. The number of carboxylic acids is 2. The summed E-state index contributed by atoms with van der Waals surface area (Å²) in [6.07, 6.45) is 1.52. The van der Waals surface area contributed by atoms with Crippen LogP contribution in [-0.4, -0.2) is 22.2 Å². The number of carboxylic acid groups (broad SMARTS) is 2. The first-order valence-electron chi connectivity index (χ1n) is 4.89. The minimum absolute atomic E-state index is 0.0403. The predicted octanol–water partition coefficient (Wildman–Crippen LogP) is 1.62. The van der Waals surface area contributed by atoms with Crippen LogP contribution in [0.1, 0.15) is 20.3 Å². The van der Waals surface area contributed by atoms with E-state index in [1.54, 1.807) is 6.08 Å². The highest BCUT2D eigenvalue weighted by atomic mass is 16.4. The van der Waals surface area contributed by atoms with E-state index in [9.17, 15) is 9.59 Å². The highest BCUT2D eigenvalue weighted by Gasteiger charge is 2.64. The Bertz CT molecular complexity index is 306. The summed E-state index contributed by atoms with van der Waals surface area (Å²) in [6.45, 7) is 7.29. The fourth-order valence-corrected chi connectivity index (χ4v) is 2.51. The Morgan fingerprint density at radius 2 is 2.00 bits per heavy atom. The van der Waals surface area contributed by atoms with Gasteiger partial charge in [-0.05, 0) is 17.3 Å². The van der Waals surface area contributed by atoms with Crippen LogP contribution in [0.2, 0.25) is 0 Å². The maximum Gasteiger partial charge on any atom is 0.307 e. The van der Waals surface area contributed by atoms with Crippen molar-refractivity contribution in [3.63, 3.8) is 0 Å². The summed E-state index contributed by atoms with van der Waals surface area (Å²) in [5.41, 5.74) is -0.319. The fraction of sp³-hybridized carbons (Fsp3) is 0.636. The van der Waals surface area contributed by atoms with Gasteiger partial charge in [0.2, 0.25) is 0 Å². The molecule has 0 bridgehead atoms. The normalized spacial score (nSPS) is 29.2. The van der Waals surface area contributed by atoms with E-state index in [1.807, 2.05) is 13.8 Å². The van der Waals surface area contributed by atoms with E-state index < -0.39 is 17.9 Å². The zero-order valence-corrected chi connectivity index (χ0v) is 8.93. The van der Waals surface area contributed by atoms with Gasteiger partial charge in [0.05, 0.1) is 12.3 Å². The molecule has 0 saturated heterocycles. The number of allylic oxidation sites excluding steroid dienone is 1. The maximum atomic E-state index is 10.9. The predicted molar refractivity (Wildman–Crippen MR) is 54.3 cm³/mol. The third-order valence-corrected chi connectivity index (χ3v) is 3.35. The SMILES string of the molecule is C=CC(CC(=O)O)C1C(C(=O)O)C1(C)C. The third kappa shape index (κ3) is 2.03. The average Bonchev–Trinajstić information content (AvgIpc) is 2.64. The van der Waals surface area contributed by atoms with Gasteiger partial charge >= 0.3 is 11.9 Å². The van der Waals surface area contributed by atoms with Crippen LogP contribution in [0.5, 0.6) is 0 Å². The van der Waals surface area contributed by atoms with E-state index in [2.05, 4.69) is 6.58 Å². The Labute approximate surface area is 88.6 Å². The molecule has 1 rings (SSSR count). The molecule has 1 aliphatic carbocycles. The number of hydrogen-bond donors (Lipinski definition) is 2. The van der Waals surface area contributed by atoms with Crippen LogP contribution in [0.25, 0.3) is 0 Å². The molecule has 0 aromatic rings. The second kappa shape index (κ2) is 3.68. The molecule has 0 spiro atoms. The fourth-order valence-electron chi connectivity index (χ4n) is 2.51. The van der Waals surface area contributed by atoms with Crippen molar-refractivity contribution in [2.75, 3.05) is 0 Å². The van der Waals surface area contributed by atoms with Crippen LogP contribution in [0.15, 0.2) is 12.7 Å². The Hall–Kier alpha value is -1.32. The molecule has 3 atom stereocenters. The Morgan fingerprint density at radius 3 is 2.27 bits per heavy atom. The van der Waals surface area contributed by atoms with Crippen LogP contribution >= 0.6 is 0 Å². The molecule has 4 heteroatoms. The zero-order valence-electron chi connectivity index (χ0n) is 8.93. The van der Waals surface area contributed by atoms with Gasteiger partial charge in [0.25, 0.3) is 0 Å². The Kier molecular flexibility index (Phi) is 2.88. The van der Waals surface area contributed by atoms with Crippen LogP contribution in [0, 0.1) is 23.2 Å². The van der Waals surface area contributed by atoms with Crippen molar-refractivity contribution in [2.24, 2.45) is 23.2 Å². The maximum absolute atomic E-state index is 10.9. The lowest BCUT2D eigenvalue weighted by atomic mass is 9.94. The van der Waals surface area contributed by atoms with Gasteiger partial charge in [0.1, 0.15) is 0 Å². The second-order valence-electron chi connectivity index (χ2n) is 4.66. The largest absolute Gasteiger partial charge is 0.481 e. The molecule has 0 aromatic carbocycles. The first kappa shape index (κ1) is 11.8. The Balaban J connectivity index is 2.76. The standard InChI is InChI=1S/C11H16O4/c1-4-6(5-7(12)13)8-9(10(14)15)11(8,2)3/h4,6,8-9H,1,5H2,2-3H3,(H,12,13)(H,14,15). The van der Waals surface area contributed by atoms with Gasteiger partial charge in [0, 0.05) is 0 Å². The number of rotatable bonds is 5. The molecule has 84 valence electrons.